The number of aromatic carboxylic acids is 1. The summed E-state index contributed by atoms with van der Waals surface area (Å²) < 4.78 is 0. The number of nitrogens with one attached hydrogen (secondary N) is 1. The van der Waals surface area contributed by atoms with Gasteiger partial charge in [0.05, 0.1) is 5.01 Å². The number of nitrogens with zero attached hydrogens (tertiary/aromatic N) is 1. The first-order valence-electron chi connectivity index (χ1n) is 5.51. The average Bonchev–Trinajstić information content (AvgIpc) is 2.63. The number of amides is 1. The number of carboxylic acid groups (broad SMARTS) is 1. The summed E-state index contributed by atoms with van der Waals surface area (Å²) in [4.78, 5) is 26.0. The van der Waals surface area contributed by atoms with Crippen LogP contribution < -0.4 is 11.1 Å². The van der Waals surface area contributed by atoms with Crippen molar-refractivity contribution in [3.63, 3.8) is 0 Å². The normalized spacial score (nSPS) is 11.3. The van der Waals surface area contributed by atoms with Gasteiger partial charge in [0.2, 0.25) is 5.91 Å². The molecule has 0 saturated heterocycles. The number of thiazole rings is 1. The number of carboxylic acids is 1. The van der Waals surface area contributed by atoms with E-state index in [1.54, 1.807) is 13.8 Å². The Bertz CT molecular complexity index is 437. The molecule has 100 valence electrons. The number of hydrogen-bond donors (Lipinski definition) is 3. The van der Waals surface area contributed by atoms with Crippen molar-refractivity contribution in [2.24, 2.45) is 5.73 Å². The van der Waals surface area contributed by atoms with Gasteiger partial charge in [-0.05, 0) is 13.8 Å². The van der Waals surface area contributed by atoms with Gasteiger partial charge in [-0.2, -0.15) is 0 Å². The minimum atomic E-state index is -1.04. The molecule has 1 aromatic rings. The van der Waals surface area contributed by atoms with Crippen molar-refractivity contribution in [1.82, 2.24) is 10.3 Å². The smallest absolute Gasteiger partial charge is 0.355 e. The van der Waals surface area contributed by atoms with Crippen LogP contribution in [-0.2, 0) is 11.2 Å². The number of nitrogens with two attached hydrogens (primary N) is 1. The first-order chi connectivity index (χ1) is 8.28. The van der Waals surface area contributed by atoms with Crippen LogP contribution in [0.2, 0.25) is 0 Å². The maximum absolute atomic E-state index is 11.5. The molecule has 0 unspecified atom stereocenters. The second-order valence-electron chi connectivity index (χ2n) is 4.70. The number of aromatic nitrogens is 1. The van der Waals surface area contributed by atoms with Crippen molar-refractivity contribution in [3.05, 3.63) is 16.1 Å². The Labute approximate surface area is 109 Å². The fraction of sp³-hybridized carbons (Fsp3) is 0.545. The Kier molecular flexibility index (Phi) is 4.80. The van der Waals surface area contributed by atoms with Crippen LogP contribution in [0, 0.1) is 0 Å². The Hall–Kier alpha value is -1.47. The van der Waals surface area contributed by atoms with E-state index in [-0.39, 0.29) is 18.0 Å². The van der Waals surface area contributed by atoms with Crippen molar-refractivity contribution >= 4 is 23.2 Å². The van der Waals surface area contributed by atoms with Crippen LogP contribution in [0.4, 0.5) is 0 Å². The predicted octanol–water partition coefficient (Wildman–Crippen LogP) is 0.627. The fourth-order valence-corrected chi connectivity index (χ4v) is 2.08. The molecule has 7 heteroatoms. The molecule has 0 aromatic carbocycles. The SMILES string of the molecule is CC(C)(N)CC(=O)NCCc1nc(C(=O)O)cs1. The van der Waals surface area contributed by atoms with Crippen LogP contribution >= 0.6 is 11.3 Å². The zero-order chi connectivity index (χ0) is 13.8. The first-order valence-corrected chi connectivity index (χ1v) is 6.39. The number of rotatable bonds is 6. The second kappa shape index (κ2) is 5.92. The summed E-state index contributed by atoms with van der Waals surface area (Å²) in [6, 6.07) is 0. The summed E-state index contributed by atoms with van der Waals surface area (Å²) in [7, 11) is 0. The standard InChI is InChI=1S/C11H17N3O3S/c1-11(2,12)5-8(15)13-4-3-9-14-7(6-18-9)10(16)17/h6H,3-5,12H2,1-2H3,(H,13,15)(H,16,17). The highest BCUT2D eigenvalue weighted by Gasteiger charge is 2.16. The third kappa shape index (κ3) is 5.24. The molecule has 1 rings (SSSR count). The fourth-order valence-electron chi connectivity index (χ4n) is 1.31. The van der Waals surface area contributed by atoms with Gasteiger partial charge in [-0.1, -0.05) is 0 Å². The summed E-state index contributed by atoms with van der Waals surface area (Å²) in [6.45, 7) is 4.00. The maximum atomic E-state index is 11.5. The van der Waals surface area contributed by atoms with Gasteiger partial charge in [0.25, 0.3) is 0 Å². The van der Waals surface area contributed by atoms with Gasteiger partial charge in [0.1, 0.15) is 0 Å². The van der Waals surface area contributed by atoms with Crippen LogP contribution in [0.5, 0.6) is 0 Å². The monoisotopic (exact) mass is 271 g/mol. The zero-order valence-corrected chi connectivity index (χ0v) is 11.2. The Morgan fingerprint density at radius 2 is 2.22 bits per heavy atom. The lowest BCUT2D eigenvalue weighted by Crippen LogP contribution is -2.39. The van der Waals surface area contributed by atoms with Crippen LogP contribution in [0.1, 0.15) is 35.8 Å². The number of hydrogen-bond acceptors (Lipinski definition) is 5. The summed E-state index contributed by atoms with van der Waals surface area (Å²) in [5, 5.41) is 13.6. The third-order valence-electron chi connectivity index (χ3n) is 2.05. The van der Waals surface area contributed by atoms with Gasteiger partial charge in [-0.25, -0.2) is 9.78 Å². The van der Waals surface area contributed by atoms with Crippen molar-refractivity contribution < 1.29 is 14.7 Å². The highest BCUT2D eigenvalue weighted by atomic mass is 32.1. The molecule has 1 amide bonds. The average molecular weight is 271 g/mol. The zero-order valence-electron chi connectivity index (χ0n) is 10.4. The number of carbonyl (C=O) groups is 2. The molecule has 0 spiro atoms. The third-order valence-corrected chi connectivity index (χ3v) is 2.96. The largest absolute Gasteiger partial charge is 0.476 e. The van der Waals surface area contributed by atoms with Crippen molar-refractivity contribution in [3.8, 4) is 0 Å². The van der Waals surface area contributed by atoms with E-state index in [0.717, 1.165) is 0 Å². The molecular weight excluding hydrogens is 254 g/mol. The van der Waals surface area contributed by atoms with Gasteiger partial charge < -0.3 is 16.2 Å². The van der Waals surface area contributed by atoms with Crippen LogP contribution in [0.15, 0.2) is 5.38 Å². The molecule has 0 bridgehead atoms. The van der Waals surface area contributed by atoms with Crippen molar-refractivity contribution in [2.75, 3.05) is 6.54 Å². The molecule has 0 saturated carbocycles. The van der Waals surface area contributed by atoms with E-state index in [9.17, 15) is 9.59 Å². The summed E-state index contributed by atoms with van der Waals surface area (Å²) in [6.07, 6.45) is 0.778. The summed E-state index contributed by atoms with van der Waals surface area (Å²) >= 11 is 1.27. The van der Waals surface area contributed by atoms with Crippen molar-refractivity contribution in [2.45, 2.75) is 32.2 Å². The van der Waals surface area contributed by atoms with Crippen molar-refractivity contribution in [1.29, 1.82) is 0 Å². The molecule has 0 aliphatic heterocycles. The van der Waals surface area contributed by atoms with Gasteiger partial charge in [0, 0.05) is 30.3 Å². The topological polar surface area (TPSA) is 105 Å². The lowest BCUT2D eigenvalue weighted by Gasteiger charge is -2.17. The first kappa shape index (κ1) is 14.6. The van der Waals surface area contributed by atoms with E-state index < -0.39 is 11.5 Å². The lowest BCUT2D eigenvalue weighted by molar-refractivity contribution is -0.121. The van der Waals surface area contributed by atoms with E-state index in [1.165, 1.54) is 16.7 Å². The van der Waals surface area contributed by atoms with E-state index in [1.807, 2.05) is 0 Å². The molecule has 1 aromatic heterocycles. The molecule has 4 N–H and O–H groups in total. The molecule has 0 atom stereocenters. The molecule has 0 aliphatic rings. The summed E-state index contributed by atoms with van der Waals surface area (Å²) in [5.41, 5.74) is 5.24. The molecule has 0 aliphatic carbocycles. The Balaban J connectivity index is 2.33. The van der Waals surface area contributed by atoms with E-state index in [4.69, 9.17) is 10.8 Å². The van der Waals surface area contributed by atoms with Gasteiger partial charge in [0.15, 0.2) is 5.69 Å². The van der Waals surface area contributed by atoms with Gasteiger partial charge >= 0.3 is 5.97 Å². The molecule has 0 fully saturated rings. The van der Waals surface area contributed by atoms with Crippen LogP contribution in [0.25, 0.3) is 0 Å². The van der Waals surface area contributed by atoms with E-state index in [0.29, 0.717) is 18.0 Å². The van der Waals surface area contributed by atoms with Gasteiger partial charge in [-0.15, -0.1) is 11.3 Å². The van der Waals surface area contributed by atoms with Crippen LogP contribution in [-0.4, -0.2) is 34.1 Å². The summed E-state index contributed by atoms with van der Waals surface area (Å²) in [5.74, 6) is -1.15. The molecule has 18 heavy (non-hydrogen) atoms. The van der Waals surface area contributed by atoms with E-state index >= 15 is 0 Å². The lowest BCUT2D eigenvalue weighted by atomic mass is 10.0. The minimum Gasteiger partial charge on any atom is -0.476 e. The highest BCUT2D eigenvalue weighted by Crippen LogP contribution is 2.10. The Morgan fingerprint density at radius 3 is 2.72 bits per heavy atom. The second-order valence-corrected chi connectivity index (χ2v) is 5.64. The highest BCUT2D eigenvalue weighted by molar-refractivity contribution is 7.09. The molecule has 0 radical (unpaired) electrons. The molecule has 6 nitrogen and oxygen atoms in total. The predicted molar refractivity (Wildman–Crippen MR) is 68.7 cm³/mol. The Morgan fingerprint density at radius 1 is 1.56 bits per heavy atom. The quantitative estimate of drug-likeness (QED) is 0.703. The minimum absolute atomic E-state index is 0.0458. The van der Waals surface area contributed by atoms with Gasteiger partial charge in [-0.3, -0.25) is 4.79 Å². The number of carbonyl (C=O) groups excluding carboxylic acids is 1. The van der Waals surface area contributed by atoms with Crippen LogP contribution in [0.3, 0.4) is 0 Å². The molecular formula is C11H17N3O3S. The molecule has 1 heterocycles. The maximum Gasteiger partial charge on any atom is 0.355 e. The van der Waals surface area contributed by atoms with E-state index in [2.05, 4.69) is 10.3 Å².